The molecule has 0 aromatic heterocycles. The minimum atomic E-state index is -0.259. The van der Waals surface area contributed by atoms with Crippen molar-refractivity contribution in [2.75, 3.05) is 25.0 Å². The molecule has 1 fully saturated rings. The summed E-state index contributed by atoms with van der Waals surface area (Å²) in [7, 11) is 0. The predicted octanol–water partition coefficient (Wildman–Crippen LogP) is 2.39. The van der Waals surface area contributed by atoms with Crippen LogP contribution in [0.4, 0.5) is 5.69 Å². The van der Waals surface area contributed by atoms with Gasteiger partial charge in [-0.25, -0.2) is 0 Å². The Balaban J connectivity index is 1.82. The Morgan fingerprint density at radius 3 is 2.95 bits per heavy atom. The van der Waals surface area contributed by atoms with Gasteiger partial charge in [0.05, 0.1) is 16.8 Å². The van der Waals surface area contributed by atoms with Crippen LogP contribution in [-0.4, -0.2) is 41.7 Å². The molecule has 1 aliphatic heterocycles. The van der Waals surface area contributed by atoms with Crippen LogP contribution >= 0.6 is 23.2 Å². The number of anilines is 1. The highest BCUT2D eigenvalue weighted by Gasteiger charge is 2.20. The van der Waals surface area contributed by atoms with Crippen molar-refractivity contribution in [3.63, 3.8) is 0 Å². The fourth-order valence-corrected chi connectivity index (χ4v) is 2.42. The molecule has 1 aliphatic rings. The molecular weight excluding hydrogens is 287 g/mol. The highest BCUT2D eigenvalue weighted by molar-refractivity contribution is 6.35. The number of carbonyl (C=O) groups is 1. The third kappa shape index (κ3) is 4.35. The number of nitrogens with zero attached hydrogens (tertiary/aromatic N) is 1. The fourth-order valence-electron chi connectivity index (χ4n) is 2.08. The van der Waals surface area contributed by atoms with Crippen molar-refractivity contribution in [3.05, 3.63) is 28.2 Å². The molecule has 1 amide bonds. The zero-order chi connectivity index (χ0) is 13.8. The molecule has 0 bridgehead atoms. The normalized spacial score (nSPS) is 19.6. The van der Waals surface area contributed by atoms with E-state index in [0.717, 1.165) is 13.0 Å². The van der Waals surface area contributed by atoms with Gasteiger partial charge in [0.2, 0.25) is 5.91 Å². The molecule has 6 heteroatoms. The SMILES string of the molecule is O=C(CCN1CC[C@H](O)C1)Nc1cc(Cl)ccc1Cl. The lowest BCUT2D eigenvalue weighted by molar-refractivity contribution is -0.116. The summed E-state index contributed by atoms with van der Waals surface area (Å²) < 4.78 is 0. The monoisotopic (exact) mass is 302 g/mol. The molecule has 0 spiro atoms. The number of halogens is 2. The number of rotatable bonds is 4. The van der Waals surface area contributed by atoms with Gasteiger partial charge >= 0.3 is 0 Å². The number of amides is 1. The van der Waals surface area contributed by atoms with Gasteiger partial charge in [0.25, 0.3) is 0 Å². The first-order valence-corrected chi connectivity index (χ1v) is 6.95. The van der Waals surface area contributed by atoms with Crippen LogP contribution in [0.15, 0.2) is 18.2 Å². The third-order valence-electron chi connectivity index (χ3n) is 3.11. The van der Waals surface area contributed by atoms with Gasteiger partial charge < -0.3 is 15.3 Å². The second-order valence-corrected chi connectivity index (χ2v) is 5.51. The molecule has 19 heavy (non-hydrogen) atoms. The maximum Gasteiger partial charge on any atom is 0.225 e. The number of likely N-dealkylation sites (tertiary alicyclic amines) is 1. The molecule has 0 saturated carbocycles. The van der Waals surface area contributed by atoms with E-state index < -0.39 is 0 Å². The van der Waals surface area contributed by atoms with Crippen molar-refractivity contribution >= 4 is 34.8 Å². The standard InChI is InChI=1S/C13H16Cl2N2O2/c14-9-1-2-11(15)12(7-9)16-13(19)4-6-17-5-3-10(18)8-17/h1-2,7,10,18H,3-6,8H2,(H,16,19)/t10-/m0/s1. The van der Waals surface area contributed by atoms with E-state index >= 15 is 0 Å². The molecule has 1 atom stereocenters. The highest BCUT2D eigenvalue weighted by Crippen LogP contribution is 2.25. The topological polar surface area (TPSA) is 52.6 Å². The van der Waals surface area contributed by atoms with Crippen LogP contribution < -0.4 is 5.32 Å². The van der Waals surface area contributed by atoms with Crippen molar-refractivity contribution in [3.8, 4) is 0 Å². The van der Waals surface area contributed by atoms with Crippen LogP contribution in [0.2, 0.25) is 10.0 Å². The number of aliphatic hydroxyl groups excluding tert-OH is 1. The van der Waals surface area contributed by atoms with E-state index in [1.165, 1.54) is 0 Å². The van der Waals surface area contributed by atoms with Crippen LogP contribution in [0, 0.1) is 0 Å². The summed E-state index contributed by atoms with van der Waals surface area (Å²) in [5.74, 6) is -0.106. The number of β-amino-alcohol motifs (C(OH)–C–C–N with tert-alkyl or cyclic N) is 1. The van der Waals surface area contributed by atoms with E-state index in [2.05, 4.69) is 10.2 Å². The summed E-state index contributed by atoms with van der Waals surface area (Å²) in [5.41, 5.74) is 0.528. The summed E-state index contributed by atoms with van der Waals surface area (Å²) in [5, 5.41) is 13.1. The van der Waals surface area contributed by atoms with Crippen molar-refractivity contribution in [1.29, 1.82) is 0 Å². The first-order chi connectivity index (χ1) is 9.04. The Morgan fingerprint density at radius 1 is 1.47 bits per heavy atom. The quantitative estimate of drug-likeness (QED) is 0.898. The van der Waals surface area contributed by atoms with E-state index in [9.17, 15) is 9.90 Å². The minimum Gasteiger partial charge on any atom is -0.392 e. The number of hydrogen-bond acceptors (Lipinski definition) is 3. The van der Waals surface area contributed by atoms with Crippen LogP contribution in [0.5, 0.6) is 0 Å². The lowest BCUT2D eigenvalue weighted by atomic mass is 10.3. The van der Waals surface area contributed by atoms with E-state index in [1.54, 1.807) is 18.2 Å². The molecule has 1 saturated heterocycles. The molecule has 1 aromatic carbocycles. The Labute approximate surface area is 122 Å². The number of carbonyl (C=O) groups excluding carboxylic acids is 1. The molecule has 2 rings (SSSR count). The van der Waals surface area contributed by atoms with Gasteiger partial charge in [0.1, 0.15) is 0 Å². The Morgan fingerprint density at radius 2 is 2.26 bits per heavy atom. The van der Waals surface area contributed by atoms with Crippen molar-refractivity contribution in [2.24, 2.45) is 0 Å². The third-order valence-corrected chi connectivity index (χ3v) is 3.67. The van der Waals surface area contributed by atoms with Gasteiger partial charge in [0.15, 0.2) is 0 Å². The molecular formula is C13H16Cl2N2O2. The predicted molar refractivity (Wildman–Crippen MR) is 76.8 cm³/mol. The van der Waals surface area contributed by atoms with E-state index in [-0.39, 0.29) is 12.0 Å². The average molecular weight is 303 g/mol. The summed E-state index contributed by atoms with van der Waals surface area (Å²) in [6, 6.07) is 4.95. The molecule has 0 unspecified atom stereocenters. The number of nitrogens with one attached hydrogen (secondary N) is 1. The summed E-state index contributed by atoms with van der Waals surface area (Å²) in [6.07, 6.45) is 0.891. The average Bonchev–Trinajstić information content (AvgIpc) is 2.77. The first kappa shape index (κ1) is 14.6. The fraction of sp³-hybridized carbons (Fsp3) is 0.462. The molecule has 2 N–H and O–H groups in total. The maximum atomic E-state index is 11.8. The summed E-state index contributed by atoms with van der Waals surface area (Å²) >= 11 is 11.8. The Kier molecular flexibility index (Phi) is 5.05. The van der Waals surface area contributed by atoms with Crippen molar-refractivity contribution < 1.29 is 9.90 Å². The molecule has 1 heterocycles. The smallest absolute Gasteiger partial charge is 0.225 e. The van der Waals surface area contributed by atoms with Gasteiger partial charge in [-0.15, -0.1) is 0 Å². The number of benzene rings is 1. The first-order valence-electron chi connectivity index (χ1n) is 6.20. The zero-order valence-corrected chi connectivity index (χ0v) is 11.9. The van der Waals surface area contributed by atoms with E-state index in [0.29, 0.717) is 35.2 Å². The van der Waals surface area contributed by atoms with Gasteiger partial charge in [-0.3, -0.25) is 4.79 Å². The lowest BCUT2D eigenvalue weighted by Gasteiger charge is -2.14. The Hall–Kier alpha value is -0.810. The molecule has 4 nitrogen and oxygen atoms in total. The van der Waals surface area contributed by atoms with Gasteiger partial charge in [-0.05, 0) is 24.6 Å². The summed E-state index contributed by atoms with van der Waals surface area (Å²) in [4.78, 5) is 13.9. The Bertz CT molecular complexity index is 468. The van der Waals surface area contributed by atoms with Gasteiger partial charge in [0, 0.05) is 31.1 Å². The molecule has 0 radical (unpaired) electrons. The van der Waals surface area contributed by atoms with E-state index in [1.807, 2.05) is 0 Å². The largest absolute Gasteiger partial charge is 0.392 e. The number of aliphatic hydroxyl groups is 1. The second kappa shape index (κ2) is 6.57. The number of hydrogen-bond donors (Lipinski definition) is 2. The second-order valence-electron chi connectivity index (χ2n) is 4.67. The molecule has 1 aromatic rings. The molecule has 104 valence electrons. The van der Waals surface area contributed by atoms with Crippen LogP contribution in [-0.2, 0) is 4.79 Å². The van der Waals surface area contributed by atoms with Crippen molar-refractivity contribution in [1.82, 2.24) is 4.90 Å². The van der Waals surface area contributed by atoms with Gasteiger partial charge in [-0.2, -0.15) is 0 Å². The van der Waals surface area contributed by atoms with E-state index in [4.69, 9.17) is 23.2 Å². The van der Waals surface area contributed by atoms with Crippen LogP contribution in [0.3, 0.4) is 0 Å². The highest BCUT2D eigenvalue weighted by atomic mass is 35.5. The van der Waals surface area contributed by atoms with Crippen LogP contribution in [0.1, 0.15) is 12.8 Å². The van der Waals surface area contributed by atoms with Gasteiger partial charge in [-0.1, -0.05) is 23.2 Å². The lowest BCUT2D eigenvalue weighted by Crippen LogP contribution is -2.26. The van der Waals surface area contributed by atoms with Crippen molar-refractivity contribution in [2.45, 2.75) is 18.9 Å². The summed E-state index contributed by atoms with van der Waals surface area (Å²) in [6.45, 7) is 2.12. The molecule has 0 aliphatic carbocycles. The van der Waals surface area contributed by atoms with Crippen LogP contribution in [0.25, 0.3) is 0 Å². The maximum absolute atomic E-state index is 11.8. The minimum absolute atomic E-state index is 0.106. The zero-order valence-electron chi connectivity index (χ0n) is 10.4.